The van der Waals surface area contributed by atoms with Gasteiger partial charge in [-0.25, -0.2) is 9.37 Å². The topological polar surface area (TPSA) is 86.8 Å². The van der Waals surface area contributed by atoms with E-state index in [1.165, 1.54) is 32.0 Å². The summed E-state index contributed by atoms with van der Waals surface area (Å²) in [5.74, 6) is -2.31. The first-order valence-electron chi connectivity index (χ1n) is 9.96. The van der Waals surface area contributed by atoms with Crippen LogP contribution in [0.5, 0.6) is 5.75 Å². The number of aliphatic imine (C=N–C) groups is 1. The number of halogens is 6. The first-order chi connectivity index (χ1) is 15.7. The number of hydrogen-bond donors (Lipinski definition) is 1. The van der Waals surface area contributed by atoms with Gasteiger partial charge in [0.25, 0.3) is 0 Å². The van der Waals surface area contributed by atoms with Crippen LogP contribution in [0.4, 0.5) is 26.3 Å². The molecule has 0 saturated carbocycles. The number of amidine groups is 1. The molecule has 0 spiro atoms. The van der Waals surface area contributed by atoms with Gasteiger partial charge in [0, 0.05) is 12.0 Å². The van der Waals surface area contributed by atoms with Crippen molar-refractivity contribution in [1.29, 1.82) is 0 Å². The van der Waals surface area contributed by atoms with Crippen molar-refractivity contribution in [1.82, 2.24) is 4.98 Å². The number of carbonyl (C=O) groups is 1. The molecule has 6 nitrogen and oxygen atoms in total. The fourth-order valence-corrected chi connectivity index (χ4v) is 3.50. The number of carbonyl (C=O) groups excluding carboxylic acids is 1. The van der Waals surface area contributed by atoms with Crippen LogP contribution < -0.4 is 10.5 Å². The lowest BCUT2D eigenvalue weighted by atomic mass is 9.88. The predicted molar refractivity (Wildman–Crippen MR) is 109 cm³/mol. The normalized spacial score (nSPS) is 23.1. The van der Waals surface area contributed by atoms with Gasteiger partial charge in [0.05, 0.1) is 12.8 Å². The van der Waals surface area contributed by atoms with Gasteiger partial charge in [-0.2, -0.15) is 22.0 Å². The van der Waals surface area contributed by atoms with Crippen LogP contribution in [0, 0.1) is 12.7 Å². The standard InChI is InChI=1S/C22H21F6N3O3/c1-11-6-13(34-19(24)25)9-30-17(11)16(32)8-12-4-5-15(23)14(7-12)20(2)10-33-21(3,18(29)31-20)22(26,27)28/h4-7,9,19H,8,10H2,1-3H3,(H2,29,31)/t20-,21+/m0/s1. The second kappa shape index (κ2) is 8.90. The van der Waals surface area contributed by atoms with Crippen LogP contribution in [-0.4, -0.2) is 41.6 Å². The van der Waals surface area contributed by atoms with E-state index in [1.807, 2.05) is 0 Å². The molecule has 2 heterocycles. The van der Waals surface area contributed by atoms with E-state index >= 15 is 0 Å². The number of hydrogen-bond acceptors (Lipinski definition) is 6. The first-order valence-corrected chi connectivity index (χ1v) is 9.96. The molecule has 0 fully saturated rings. The van der Waals surface area contributed by atoms with Gasteiger partial charge in [0.2, 0.25) is 5.60 Å². The third kappa shape index (κ3) is 4.86. The Morgan fingerprint density at radius 2 is 1.94 bits per heavy atom. The lowest BCUT2D eigenvalue weighted by molar-refractivity contribution is -0.249. The molecule has 1 aromatic carbocycles. The number of ketones is 1. The molecule has 1 aliphatic rings. The Morgan fingerprint density at radius 1 is 1.26 bits per heavy atom. The molecule has 184 valence electrons. The summed E-state index contributed by atoms with van der Waals surface area (Å²) in [5, 5.41) is 0. The molecule has 12 heteroatoms. The van der Waals surface area contributed by atoms with E-state index in [0.717, 1.165) is 19.2 Å². The number of Topliss-reactive ketones (excluding diaryl/α,β-unsaturated/α-hetero) is 1. The molecular weight excluding hydrogens is 468 g/mol. The van der Waals surface area contributed by atoms with Gasteiger partial charge < -0.3 is 15.2 Å². The smallest absolute Gasteiger partial charge is 0.424 e. The molecular formula is C22H21F6N3O3. The second-order valence-corrected chi connectivity index (χ2v) is 8.22. The quantitative estimate of drug-likeness (QED) is 0.478. The third-order valence-corrected chi connectivity index (χ3v) is 5.56. The van der Waals surface area contributed by atoms with Gasteiger partial charge in [0.1, 0.15) is 28.6 Å². The number of benzene rings is 1. The lowest BCUT2D eigenvalue weighted by Gasteiger charge is -2.41. The summed E-state index contributed by atoms with van der Waals surface area (Å²) in [5.41, 5.74) is 1.73. The Hall–Kier alpha value is -3.15. The zero-order chi connectivity index (χ0) is 25.5. The monoisotopic (exact) mass is 489 g/mol. The zero-order valence-corrected chi connectivity index (χ0v) is 18.3. The number of pyridine rings is 1. The Balaban J connectivity index is 1.88. The molecule has 34 heavy (non-hydrogen) atoms. The number of alkyl halides is 5. The molecule has 0 amide bonds. The average Bonchev–Trinajstić information content (AvgIpc) is 2.71. The van der Waals surface area contributed by atoms with E-state index in [4.69, 9.17) is 10.5 Å². The van der Waals surface area contributed by atoms with Crippen LogP contribution in [-0.2, 0) is 16.7 Å². The highest BCUT2D eigenvalue weighted by molar-refractivity contribution is 5.97. The van der Waals surface area contributed by atoms with Crippen LogP contribution in [0.3, 0.4) is 0 Å². The molecule has 1 aromatic heterocycles. The van der Waals surface area contributed by atoms with Crippen molar-refractivity contribution in [3.8, 4) is 5.75 Å². The summed E-state index contributed by atoms with van der Waals surface area (Å²) in [6.07, 6.45) is -4.08. The Kier molecular flexibility index (Phi) is 6.66. The molecule has 0 unspecified atom stereocenters. The van der Waals surface area contributed by atoms with Crippen molar-refractivity contribution in [2.24, 2.45) is 10.7 Å². The van der Waals surface area contributed by atoms with Gasteiger partial charge in [-0.1, -0.05) is 6.07 Å². The van der Waals surface area contributed by atoms with E-state index in [0.29, 0.717) is 11.1 Å². The lowest BCUT2D eigenvalue weighted by Crippen LogP contribution is -2.60. The summed E-state index contributed by atoms with van der Waals surface area (Å²) in [7, 11) is 0. The SMILES string of the molecule is Cc1cc(OC(F)F)cnc1C(=O)Cc1ccc(F)c([C@]2(C)CO[C@@](C)(C(F)(F)F)C(N)=N2)c1. The average molecular weight is 489 g/mol. The minimum Gasteiger partial charge on any atom is -0.433 e. The van der Waals surface area contributed by atoms with Gasteiger partial charge in [0.15, 0.2) is 5.78 Å². The summed E-state index contributed by atoms with van der Waals surface area (Å²) in [6.45, 7) is -0.0535. The highest BCUT2D eigenvalue weighted by Crippen LogP contribution is 2.41. The van der Waals surface area contributed by atoms with Gasteiger partial charge in [-0.3, -0.25) is 9.79 Å². The number of ether oxygens (including phenoxy) is 2. The Morgan fingerprint density at radius 3 is 2.50 bits per heavy atom. The summed E-state index contributed by atoms with van der Waals surface area (Å²) < 4.78 is 88.7. The largest absolute Gasteiger partial charge is 0.433 e. The zero-order valence-electron chi connectivity index (χ0n) is 18.3. The Bertz CT molecular complexity index is 1140. The van der Waals surface area contributed by atoms with E-state index in [-0.39, 0.29) is 23.4 Å². The van der Waals surface area contributed by atoms with Crippen molar-refractivity contribution in [3.05, 3.63) is 58.7 Å². The third-order valence-electron chi connectivity index (χ3n) is 5.56. The van der Waals surface area contributed by atoms with Crippen LogP contribution in [0.2, 0.25) is 0 Å². The number of aryl methyl sites for hydroxylation is 1. The van der Waals surface area contributed by atoms with E-state index in [1.54, 1.807) is 0 Å². The van der Waals surface area contributed by atoms with Crippen LogP contribution in [0.15, 0.2) is 35.5 Å². The number of nitrogens with zero attached hydrogens (tertiary/aromatic N) is 2. The van der Waals surface area contributed by atoms with Crippen molar-refractivity contribution < 1.29 is 40.6 Å². The maximum Gasteiger partial charge on any atom is 0.424 e. The van der Waals surface area contributed by atoms with Crippen molar-refractivity contribution >= 4 is 11.6 Å². The summed E-state index contributed by atoms with van der Waals surface area (Å²) >= 11 is 0. The molecule has 2 N–H and O–H groups in total. The van der Waals surface area contributed by atoms with Crippen molar-refractivity contribution in [2.45, 2.75) is 51.1 Å². The molecule has 0 aliphatic carbocycles. The minimum atomic E-state index is -4.82. The fourth-order valence-electron chi connectivity index (χ4n) is 3.50. The van der Waals surface area contributed by atoms with E-state index in [9.17, 15) is 31.1 Å². The fraction of sp³-hybridized carbons (Fsp3) is 0.409. The van der Waals surface area contributed by atoms with Crippen LogP contribution in [0.25, 0.3) is 0 Å². The predicted octanol–water partition coefficient (Wildman–Crippen LogP) is 4.48. The van der Waals surface area contributed by atoms with E-state index in [2.05, 4.69) is 14.7 Å². The second-order valence-electron chi connectivity index (χ2n) is 8.22. The summed E-state index contributed by atoms with van der Waals surface area (Å²) in [6, 6.07) is 4.93. The number of nitrogens with two attached hydrogens (primary N) is 1. The maximum absolute atomic E-state index is 14.7. The molecule has 0 bridgehead atoms. The number of rotatable bonds is 6. The Labute approximate surface area is 190 Å². The molecule has 0 saturated heterocycles. The van der Waals surface area contributed by atoms with Crippen LogP contribution >= 0.6 is 0 Å². The molecule has 3 rings (SSSR count). The van der Waals surface area contributed by atoms with Crippen molar-refractivity contribution in [3.63, 3.8) is 0 Å². The van der Waals surface area contributed by atoms with Gasteiger partial charge in [-0.05, 0) is 50.1 Å². The highest BCUT2D eigenvalue weighted by Gasteiger charge is 2.59. The minimum absolute atomic E-state index is 0.00270. The summed E-state index contributed by atoms with van der Waals surface area (Å²) in [4.78, 5) is 20.5. The van der Waals surface area contributed by atoms with Gasteiger partial charge in [-0.15, -0.1) is 0 Å². The van der Waals surface area contributed by atoms with E-state index < -0.39 is 48.0 Å². The van der Waals surface area contributed by atoms with Crippen molar-refractivity contribution in [2.75, 3.05) is 6.61 Å². The number of aromatic nitrogens is 1. The van der Waals surface area contributed by atoms with Crippen LogP contribution in [0.1, 0.15) is 41.0 Å². The molecule has 0 radical (unpaired) electrons. The molecule has 2 atom stereocenters. The van der Waals surface area contributed by atoms with Gasteiger partial charge >= 0.3 is 12.8 Å². The highest BCUT2D eigenvalue weighted by atomic mass is 19.4. The first kappa shape index (κ1) is 25.5. The molecule has 2 aromatic rings. The molecule has 1 aliphatic heterocycles. The maximum atomic E-state index is 14.7.